The summed E-state index contributed by atoms with van der Waals surface area (Å²) in [6.45, 7) is 9.27. The minimum absolute atomic E-state index is 0. The molecule has 0 saturated carbocycles. The van der Waals surface area contributed by atoms with Crippen molar-refractivity contribution in [2.75, 3.05) is 0 Å². The van der Waals surface area contributed by atoms with E-state index >= 15 is 0 Å². The van der Waals surface area contributed by atoms with Gasteiger partial charge in [-0.15, -0.1) is 0 Å². The first-order valence-electron chi connectivity index (χ1n) is 17.2. The van der Waals surface area contributed by atoms with Crippen LogP contribution in [0.25, 0.3) is 0 Å². The molecule has 0 atom stereocenters. The van der Waals surface area contributed by atoms with Crippen LogP contribution in [0.4, 0.5) is 0 Å². The Morgan fingerprint density at radius 1 is 0.341 bits per heavy atom. The average molecular weight is 654 g/mol. The van der Waals surface area contributed by atoms with E-state index in [-0.39, 0.29) is 46.5 Å². The average Bonchev–Trinajstić information content (AvgIpc) is 2.89. The van der Waals surface area contributed by atoms with E-state index in [2.05, 4.69) is 27.7 Å². The van der Waals surface area contributed by atoms with Gasteiger partial charge < -0.3 is 34.4 Å². The van der Waals surface area contributed by atoms with Crippen molar-refractivity contribution in [3.05, 3.63) is 0 Å². The second-order valence-corrected chi connectivity index (χ2v) is 12.6. The molecule has 0 N–H and O–H groups in total. The number of hydrogen-bond donors (Lipinski definition) is 0. The van der Waals surface area contributed by atoms with Crippen LogP contribution in [0.1, 0.15) is 207 Å². The summed E-state index contributed by atoms with van der Waals surface area (Å²) in [6.07, 6.45) is 40.6. The van der Waals surface area contributed by atoms with Gasteiger partial charge in [0, 0.05) is 0 Å². The van der Waals surface area contributed by atoms with Gasteiger partial charge >= 0.3 is 21.7 Å². The zero-order chi connectivity index (χ0) is 28.4. The molecule has 0 saturated heterocycles. The predicted octanol–water partition coefficient (Wildman–Crippen LogP) is 6.43. The molecule has 0 rings (SSSR count). The number of halogens is 2. The fourth-order valence-electron chi connectivity index (χ4n) is 5.04. The topological polar surface area (TPSA) is 34.1 Å². The van der Waals surface area contributed by atoms with Gasteiger partial charge in [0.1, 0.15) is 0 Å². The molecule has 244 valence electrons. The monoisotopic (exact) mass is 652 g/mol. The molecule has 0 heterocycles. The Kier molecular flexibility index (Phi) is 59.4. The van der Waals surface area contributed by atoms with Gasteiger partial charge in [0.25, 0.3) is 0 Å². The van der Waals surface area contributed by atoms with Crippen molar-refractivity contribution in [1.82, 2.24) is 0 Å². The SMILES string of the molecule is CC(C)CCCCCCCCCCCCCC[C-]=O.CC(C)CCCCCCCCCCCCCC[C-]=O.[Cl-].[Cl-].[Ti+4]. The van der Waals surface area contributed by atoms with E-state index in [1.165, 1.54) is 154 Å². The first-order valence-corrected chi connectivity index (χ1v) is 17.2. The van der Waals surface area contributed by atoms with E-state index < -0.39 is 0 Å². The Morgan fingerprint density at radius 3 is 0.683 bits per heavy atom. The van der Waals surface area contributed by atoms with Crippen LogP contribution in [0.15, 0.2) is 0 Å². The van der Waals surface area contributed by atoms with Crippen LogP contribution in [-0.2, 0) is 31.3 Å². The molecule has 0 bridgehead atoms. The second-order valence-electron chi connectivity index (χ2n) is 12.6. The smallest absolute Gasteiger partial charge is 1.00 e. The van der Waals surface area contributed by atoms with Crippen LogP contribution < -0.4 is 24.8 Å². The van der Waals surface area contributed by atoms with E-state index in [9.17, 15) is 9.59 Å². The Hall–Kier alpha value is 0.634. The molecule has 41 heavy (non-hydrogen) atoms. The van der Waals surface area contributed by atoms with E-state index in [1.54, 1.807) is 0 Å². The molecule has 0 unspecified atom stereocenters. The van der Waals surface area contributed by atoms with Crippen molar-refractivity contribution in [2.45, 2.75) is 207 Å². The number of unbranched alkanes of at least 4 members (excludes halogenated alkanes) is 24. The number of hydrogen-bond acceptors (Lipinski definition) is 2. The van der Waals surface area contributed by atoms with Gasteiger partial charge in [0.05, 0.1) is 0 Å². The molecule has 0 aromatic heterocycles. The van der Waals surface area contributed by atoms with Gasteiger partial charge in [-0.3, -0.25) is 12.6 Å². The summed E-state index contributed by atoms with van der Waals surface area (Å²) in [5.41, 5.74) is 0. The Morgan fingerprint density at radius 2 is 0.512 bits per heavy atom. The van der Waals surface area contributed by atoms with Crippen LogP contribution in [-0.4, -0.2) is 12.6 Å². The van der Waals surface area contributed by atoms with Crippen LogP contribution in [0.5, 0.6) is 0 Å². The molecular weight excluding hydrogens is 583 g/mol. The summed E-state index contributed by atoms with van der Waals surface area (Å²) >= 11 is 0. The second kappa shape index (κ2) is 47.6. The first kappa shape index (κ1) is 51.2. The molecular formula is C36H70Cl2O2Ti. The summed E-state index contributed by atoms with van der Waals surface area (Å²) in [6, 6.07) is 0. The molecule has 0 aromatic rings. The molecule has 5 heteroatoms. The molecule has 0 fully saturated rings. The largest absolute Gasteiger partial charge is 4.00 e. The van der Waals surface area contributed by atoms with Crippen molar-refractivity contribution in [3.8, 4) is 0 Å². The molecule has 0 aliphatic heterocycles. The van der Waals surface area contributed by atoms with Crippen LogP contribution in [0.2, 0.25) is 0 Å². The van der Waals surface area contributed by atoms with Crippen molar-refractivity contribution in [3.63, 3.8) is 0 Å². The fourth-order valence-corrected chi connectivity index (χ4v) is 5.04. The Balaban J connectivity index is -0.000000196. The maximum absolute atomic E-state index is 10.0. The standard InChI is InChI=1S/2C18H35O.2ClH.Ti/c2*1-18(2)16-14-12-10-8-6-4-3-5-7-9-11-13-15-17-19;;;/h2*18H,3-16H2,1-2H3;2*1H;/q2*-1;;;+4/p-2. The normalized spacial score (nSPS) is 10.3. The van der Waals surface area contributed by atoms with E-state index in [4.69, 9.17) is 0 Å². The maximum Gasteiger partial charge on any atom is 4.00 e. The summed E-state index contributed by atoms with van der Waals surface area (Å²) in [5.74, 6) is 1.76. The van der Waals surface area contributed by atoms with Gasteiger partial charge in [-0.05, 0) is 11.8 Å². The number of rotatable bonds is 30. The molecule has 0 amide bonds. The number of carbonyl (C=O) groups excluding carboxylic acids is 2. The van der Waals surface area contributed by atoms with Crippen molar-refractivity contribution < 1.29 is 56.1 Å². The Labute approximate surface area is 286 Å². The van der Waals surface area contributed by atoms with Crippen LogP contribution >= 0.6 is 0 Å². The minimum Gasteiger partial charge on any atom is -1.00 e. The molecule has 0 aliphatic rings. The van der Waals surface area contributed by atoms with E-state index in [0.29, 0.717) is 12.8 Å². The van der Waals surface area contributed by atoms with Crippen molar-refractivity contribution in [2.24, 2.45) is 11.8 Å². The van der Waals surface area contributed by atoms with Crippen LogP contribution in [0.3, 0.4) is 0 Å². The zero-order valence-corrected chi connectivity index (χ0v) is 31.1. The zero-order valence-electron chi connectivity index (χ0n) is 28.0. The third kappa shape index (κ3) is 56.9. The third-order valence-corrected chi connectivity index (χ3v) is 7.62. The van der Waals surface area contributed by atoms with Gasteiger partial charge in [-0.25, -0.2) is 0 Å². The van der Waals surface area contributed by atoms with Gasteiger partial charge in [-0.1, -0.05) is 195 Å². The summed E-state index contributed by atoms with van der Waals surface area (Å²) in [7, 11) is 0. The quantitative estimate of drug-likeness (QED) is 0.0509. The maximum atomic E-state index is 10.0. The van der Waals surface area contributed by atoms with E-state index in [0.717, 1.165) is 24.7 Å². The predicted molar refractivity (Wildman–Crippen MR) is 170 cm³/mol. The summed E-state index contributed by atoms with van der Waals surface area (Å²) in [4.78, 5) is 20.0. The summed E-state index contributed by atoms with van der Waals surface area (Å²) in [5, 5.41) is 0. The molecule has 0 aliphatic carbocycles. The molecule has 2 nitrogen and oxygen atoms in total. The minimum atomic E-state index is 0. The van der Waals surface area contributed by atoms with Crippen molar-refractivity contribution in [1.29, 1.82) is 0 Å². The van der Waals surface area contributed by atoms with E-state index in [1.807, 2.05) is 12.6 Å². The Bertz CT molecular complexity index is 407. The fraction of sp³-hybridized carbons (Fsp3) is 0.944. The third-order valence-electron chi connectivity index (χ3n) is 7.62. The van der Waals surface area contributed by atoms with Gasteiger partial charge in [-0.2, -0.15) is 12.8 Å². The van der Waals surface area contributed by atoms with Gasteiger partial charge in [0.15, 0.2) is 0 Å². The molecule has 0 aromatic carbocycles. The van der Waals surface area contributed by atoms with Crippen LogP contribution in [0, 0.1) is 11.8 Å². The van der Waals surface area contributed by atoms with Crippen molar-refractivity contribution >= 4 is 12.6 Å². The summed E-state index contributed by atoms with van der Waals surface area (Å²) < 4.78 is 0. The first-order chi connectivity index (χ1) is 18.5. The molecule has 0 spiro atoms. The van der Waals surface area contributed by atoms with Gasteiger partial charge in [0.2, 0.25) is 0 Å². The molecule has 0 radical (unpaired) electrons.